The van der Waals surface area contributed by atoms with Crippen molar-refractivity contribution in [1.29, 1.82) is 0 Å². The van der Waals surface area contributed by atoms with E-state index in [1.165, 1.54) is 0 Å². The minimum atomic E-state index is -0.965. The Morgan fingerprint density at radius 3 is 2.86 bits per heavy atom. The number of aryl methyl sites for hydroxylation is 2. The number of pyridine rings is 1. The fraction of sp³-hybridized carbons (Fsp3) is 0.429. The van der Waals surface area contributed by atoms with E-state index in [2.05, 4.69) is 15.1 Å². The molecule has 1 N–H and O–H groups in total. The van der Waals surface area contributed by atoms with Gasteiger partial charge in [0.15, 0.2) is 6.10 Å². The van der Waals surface area contributed by atoms with Crippen LogP contribution in [0.2, 0.25) is 0 Å². The SMILES string of the molecule is Cc1cnc(-c2noc(C3CCC(C(=O)O)O3)n2)c(C)c1. The third-order valence-electron chi connectivity index (χ3n) is 3.44. The maximum absolute atomic E-state index is 10.9. The van der Waals surface area contributed by atoms with Crippen LogP contribution in [0.15, 0.2) is 16.8 Å². The Morgan fingerprint density at radius 1 is 1.38 bits per heavy atom. The molecule has 0 bridgehead atoms. The topological polar surface area (TPSA) is 98.3 Å². The van der Waals surface area contributed by atoms with Gasteiger partial charge < -0.3 is 14.4 Å². The number of hydrogen-bond acceptors (Lipinski definition) is 6. The van der Waals surface area contributed by atoms with Gasteiger partial charge >= 0.3 is 5.97 Å². The van der Waals surface area contributed by atoms with Crippen molar-refractivity contribution >= 4 is 5.97 Å². The molecule has 3 rings (SSSR count). The van der Waals surface area contributed by atoms with Gasteiger partial charge in [-0.05, 0) is 37.8 Å². The molecule has 1 fully saturated rings. The smallest absolute Gasteiger partial charge is 0.332 e. The number of ether oxygens (including phenoxy) is 1. The normalized spacial score (nSPS) is 21.6. The van der Waals surface area contributed by atoms with Crippen LogP contribution in [0, 0.1) is 13.8 Å². The molecule has 2 atom stereocenters. The van der Waals surface area contributed by atoms with Crippen molar-refractivity contribution in [3.63, 3.8) is 0 Å². The molecule has 7 heteroatoms. The Bertz CT molecular complexity index is 683. The van der Waals surface area contributed by atoms with Gasteiger partial charge in [-0.2, -0.15) is 4.98 Å². The van der Waals surface area contributed by atoms with Crippen molar-refractivity contribution < 1.29 is 19.2 Å². The zero-order valence-electron chi connectivity index (χ0n) is 11.7. The fourth-order valence-corrected chi connectivity index (χ4v) is 2.41. The number of aromatic nitrogens is 3. The summed E-state index contributed by atoms with van der Waals surface area (Å²) in [6.07, 6.45) is 1.48. The summed E-state index contributed by atoms with van der Waals surface area (Å²) in [7, 11) is 0. The Labute approximate surface area is 121 Å². The lowest BCUT2D eigenvalue weighted by molar-refractivity contribution is -0.150. The van der Waals surface area contributed by atoms with Gasteiger partial charge in [-0.25, -0.2) is 4.79 Å². The molecule has 0 saturated carbocycles. The van der Waals surface area contributed by atoms with E-state index < -0.39 is 18.2 Å². The molecule has 0 aromatic carbocycles. The maximum Gasteiger partial charge on any atom is 0.332 e. The highest BCUT2D eigenvalue weighted by Gasteiger charge is 2.34. The third kappa shape index (κ3) is 2.64. The van der Waals surface area contributed by atoms with Gasteiger partial charge in [-0.15, -0.1) is 0 Å². The average Bonchev–Trinajstić information content (AvgIpc) is 3.07. The highest BCUT2D eigenvalue weighted by molar-refractivity contribution is 5.72. The van der Waals surface area contributed by atoms with Crippen LogP contribution in [0.5, 0.6) is 0 Å². The van der Waals surface area contributed by atoms with E-state index in [0.29, 0.717) is 30.3 Å². The monoisotopic (exact) mass is 289 g/mol. The van der Waals surface area contributed by atoms with E-state index in [0.717, 1.165) is 11.1 Å². The first-order valence-electron chi connectivity index (χ1n) is 6.70. The molecule has 0 spiro atoms. The Balaban J connectivity index is 1.82. The molecular formula is C14H15N3O4. The summed E-state index contributed by atoms with van der Waals surface area (Å²) in [4.78, 5) is 19.5. The second-order valence-electron chi connectivity index (χ2n) is 5.16. The molecular weight excluding hydrogens is 274 g/mol. The van der Waals surface area contributed by atoms with E-state index in [-0.39, 0.29) is 0 Å². The first-order chi connectivity index (χ1) is 10.0. The number of carbonyl (C=O) groups is 1. The van der Waals surface area contributed by atoms with Gasteiger partial charge in [0.05, 0.1) is 0 Å². The third-order valence-corrected chi connectivity index (χ3v) is 3.44. The fourth-order valence-electron chi connectivity index (χ4n) is 2.41. The van der Waals surface area contributed by atoms with Gasteiger partial charge in [0, 0.05) is 6.20 Å². The Hall–Kier alpha value is -2.28. The molecule has 0 amide bonds. The lowest BCUT2D eigenvalue weighted by atomic mass is 10.1. The molecule has 110 valence electrons. The molecule has 1 saturated heterocycles. The van der Waals surface area contributed by atoms with Gasteiger partial charge in [0.2, 0.25) is 5.82 Å². The van der Waals surface area contributed by atoms with Crippen LogP contribution < -0.4 is 0 Å². The summed E-state index contributed by atoms with van der Waals surface area (Å²) in [6.45, 7) is 3.89. The minimum Gasteiger partial charge on any atom is -0.479 e. The largest absolute Gasteiger partial charge is 0.479 e. The summed E-state index contributed by atoms with van der Waals surface area (Å²) >= 11 is 0. The molecule has 2 unspecified atom stereocenters. The quantitative estimate of drug-likeness (QED) is 0.923. The van der Waals surface area contributed by atoms with E-state index in [1.807, 2.05) is 19.9 Å². The van der Waals surface area contributed by atoms with E-state index >= 15 is 0 Å². The lowest BCUT2D eigenvalue weighted by Crippen LogP contribution is -2.18. The van der Waals surface area contributed by atoms with Crippen LogP contribution in [-0.2, 0) is 9.53 Å². The summed E-state index contributed by atoms with van der Waals surface area (Å²) < 4.78 is 10.6. The van der Waals surface area contributed by atoms with Crippen molar-refractivity contribution in [2.24, 2.45) is 0 Å². The van der Waals surface area contributed by atoms with Crippen LogP contribution in [0.1, 0.15) is 36.0 Å². The van der Waals surface area contributed by atoms with Crippen LogP contribution >= 0.6 is 0 Å². The second kappa shape index (κ2) is 5.25. The average molecular weight is 289 g/mol. The van der Waals surface area contributed by atoms with Crippen molar-refractivity contribution in [1.82, 2.24) is 15.1 Å². The van der Waals surface area contributed by atoms with Crippen LogP contribution in [0.3, 0.4) is 0 Å². The van der Waals surface area contributed by atoms with Crippen LogP contribution in [0.25, 0.3) is 11.5 Å². The molecule has 0 aliphatic carbocycles. The zero-order valence-corrected chi connectivity index (χ0v) is 11.7. The van der Waals surface area contributed by atoms with Crippen molar-refractivity contribution in [3.8, 4) is 11.5 Å². The summed E-state index contributed by atoms with van der Waals surface area (Å²) in [6, 6.07) is 1.99. The van der Waals surface area contributed by atoms with Crippen LogP contribution in [0.4, 0.5) is 0 Å². The number of carboxylic acid groups (broad SMARTS) is 1. The highest BCUT2D eigenvalue weighted by Crippen LogP contribution is 2.32. The first-order valence-corrected chi connectivity index (χ1v) is 6.70. The number of hydrogen-bond donors (Lipinski definition) is 1. The molecule has 1 aliphatic rings. The number of rotatable bonds is 3. The number of nitrogens with zero attached hydrogens (tertiary/aromatic N) is 3. The highest BCUT2D eigenvalue weighted by atomic mass is 16.5. The predicted octanol–water partition coefficient (Wildman–Crippen LogP) is 2.05. The molecule has 21 heavy (non-hydrogen) atoms. The van der Waals surface area contributed by atoms with Gasteiger partial charge in [0.25, 0.3) is 5.89 Å². The number of carboxylic acids is 1. The number of aliphatic carboxylic acids is 1. The van der Waals surface area contributed by atoms with E-state index in [4.69, 9.17) is 14.4 Å². The zero-order chi connectivity index (χ0) is 15.0. The van der Waals surface area contributed by atoms with Gasteiger partial charge in [-0.3, -0.25) is 4.98 Å². The van der Waals surface area contributed by atoms with Crippen molar-refractivity contribution in [2.75, 3.05) is 0 Å². The standard InChI is InChI=1S/C14H15N3O4/c1-7-5-8(2)11(15-6-7)12-16-13(21-17-12)9-3-4-10(20-9)14(18)19/h5-6,9-10H,3-4H2,1-2H3,(H,18,19). The molecule has 2 aromatic rings. The maximum atomic E-state index is 10.9. The first kappa shape index (κ1) is 13.7. The molecule has 3 heterocycles. The summed E-state index contributed by atoms with van der Waals surface area (Å²) in [5, 5.41) is 12.8. The van der Waals surface area contributed by atoms with E-state index in [9.17, 15) is 4.79 Å². The summed E-state index contributed by atoms with van der Waals surface area (Å²) in [5.41, 5.74) is 2.67. The van der Waals surface area contributed by atoms with Gasteiger partial charge in [0.1, 0.15) is 11.8 Å². The lowest BCUT2D eigenvalue weighted by Gasteiger charge is -2.05. The minimum absolute atomic E-state index is 0.301. The van der Waals surface area contributed by atoms with Crippen molar-refractivity contribution in [2.45, 2.75) is 38.9 Å². The van der Waals surface area contributed by atoms with Gasteiger partial charge in [-0.1, -0.05) is 11.2 Å². The molecule has 1 aliphatic heterocycles. The Morgan fingerprint density at radius 2 is 2.19 bits per heavy atom. The van der Waals surface area contributed by atoms with E-state index in [1.54, 1.807) is 6.20 Å². The predicted molar refractivity (Wildman–Crippen MR) is 71.5 cm³/mol. The van der Waals surface area contributed by atoms with Crippen LogP contribution in [-0.4, -0.2) is 32.3 Å². The Kier molecular flexibility index (Phi) is 3.42. The molecule has 0 radical (unpaired) electrons. The molecule has 7 nitrogen and oxygen atoms in total. The molecule has 2 aromatic heterocycles. The second-order valence-corrected chi connectivity index (χ2v) is 5.16. The summed E-state index contributed by atoms with van der Waals surface area (Å²) in [5.74, 6) is -0.270. The van der Waals surface area contributed by atoms with Crippen molar-refractivity contribution in [3.05, 3.63) is 29.3 Å².